The average Bonchev–Trinajstić information content (AvgIpc) is 2.76. The largest absolute Gasteiger partial charge is 2.00 e. The van der Waals surface area contributed by atoms with E-state index in [2.05, 4.69) is 41.7 Å². The van der Waals surface area contributed by atoms with E-state index in [0.717, 1.165) is 22.8 Å². The first-order valence-electron chi connectivity index (χ1n) is 8.34. The van der Waals surface area contributed by atoms with Gasteiger partial charge in [0.2, 0.25) is 0 Å². The predicted octanol–water partition coefficient (Wildman–Crippen LogP) is 1.80. The first-order valence-corrected chi connectivity index (χ1v) is 9.16. The molecule has 2 heterocycles. The van der Waals surface area contributed by atoms with Crippen LogP contribution in [0.4, 0.5) is 0 Å². The molecule has 8 nitrogen and oxygen atoms in total. The molecule has 156 valence electrons. The molecule has 0 aliphatic heterocycles. The van der Waals surface area contributed by atoms with Crippen LogP contribution in [0.1, 0.15) is 25.2 Å². The predicted molar refractivity (Wildman–Crippen MR) is 122 cm³/mol. The van der Waals surface area contributed by atoms with Crippen molar-refractivity contribution in [3.05, 3.63) is 60.2 Å². The van der Waals surface area contributed by atoms with Gasteiger partial charge in [-0.05, 0) is 62.5 Å². The van der Waals surface area contributed by atoms with Crippen molar-refractivity contribution in [3.63, 3.8) is 0 Å². The Hall–Kier alpha value is -2.49. The number of nitrogens with one attached hydrogen (secondary N) is 4. The maximum absolute atomic E-state index is 4.87. The molecule has 29 heavy (non-hydrogen) atoms. The molecule has 2 aromatic rings. The first-order chi connectivity index (χ1) is 13.5. The molecule has 0 unspecified atom stereocenters. The molecule has 0 aliphatic rings. The van der Waals surface area contributed by atoms with Crippen molar-refractivity contribution in [2.45, 2.75) is 13.8 Å². The van der Waals surface area contributed by atoms with Crippen molar-refractivity contribution in [2.24, 2.45) is 10.2 Å². The zero-order valence-electron chi connectivity index (χ0n) is 16.5. The SMILES string of the molecule is CNC(=S)NN=C(C)c1ccccn1.CNC(=S)NN=C(C)c1ccccn1.[Ni+2]. The Morgan fingerprint density at radius 1 is 0.759 bits per heavy atom. The fraction of sp³-hybridized carbons (Fsp3) is 0.222. The van der Waals surface area contributed by atoms with Crippen molar-refractivity contribution < 1.29 is 16.5 Å². The number of hydrogen-bond donors (Lipinski definition) is 4. The third-order valence-corrected chi connectivity index (χ3v) is 3.77. The van der Waals surface area contributed by atoms with E-state index < -0.39 is 0 Å². The van der Waals surface area contributed by atoms with Crippen LogP contribution >= 0.6 is 24.4 Å². The van der Waals surface area contributed by atoms with E-state index in [1.807, 2.05) is 50.2 Å². The van der Waals surface area contributed by atoms with E-state index in [4.69, 9.17) is 24.4 Å². The minimum absolute atomic E-state index is 0. The normalized spacial score (nSPS) is 10.5. The van der Waals surface area contributed by atoms with Crippen molar-refractivity contribution in [1.29, 1.82) is 0 Å². The zero-order valence-corrected chi connectivity index (χ0v) is 19.2. The summed E-state index contributed by atoms with van der Waals surface area (Å²) < 4.78 is 0. The van der Waals surface area contributed by atoms with Crippen molar-refractivity contribution in [3.8, 4) is 0 Å². The number of nitrogens with zero attached hydrogens (tertiary/aromatic N) is 4. The summed E-state index contributed by atoms with van der Waals surface area (Å²) in [5, 5.41) is 14.6. The Balaban J connectivity index is 0.000000523. The van der Waals surface area contributed by atoms with Crippen LogP contribution in [-0.2, 0) is 16.5 Å². The number of rotatable bonds is 4. The Bertz CT molecular complexity index is 744. The molecule has 0 atom stereocenters. The van der Waals surface area contributed by atoms with Crippen LogP contribution in [0.25, 0.3) is 0 Å². The molecule has 0 saturated heterocycles. The smallest absolute Gasteiger partial charge is 0.364 e. The molecule has 11 heteroatoms. The second-order valence-electron chi connectivity index (χ2n) is 5.21. The van der Waals surface area contributed by atoms with Gasteiger partial charge in [0, 0.05) is 26.5 Å². The Morgan fingerprint density at radius 3 is 1.41 bits per heavy atom. The molecule has 4 N–H and O–H groups in total. The van der Waals surface area contributed by atoms with E-state index in [-0.39, 0.29) is 16.5 Å². The van der Waals surface area contributed by atoms with Gasteiger partial charge >= 0.3 is 16.5 Å². The number of aromatic nitrogens is 2. The van der Waals surface area contributed by atoms with E-state index in [1.54, 1.807) is 26.5 Å². The summed E-state index contributed by atoms with van der Waals surface area (Å²) in [6, 6.07) is 11.3. The number of hydrogen-bond acceptors (Lipinski definition) is 6. The molecule has 2 rings (SSSR count). The van der Waals surface area contributed by atoms with Gasteiger partial charge in [-0.3, -0.25) is 20.8 Å². The van der Waals surface area contributed by atoms with Gasteiger partial charge in [-0.25, -0.2) is 0 Å². The summed E-state index contributed by atoms with van der Waals surface area (Å²) in [4.78, 5) is 8.30. The molecule has 0 bridgehead atoms. The van der Waals surface area contributed by atoms with Crippen LogP contribution in [0.15, 0.2) is 59.0 Å². The van der Waals surface area contributed by atoms with Crippen molar-refractivity contribution >= 4 is 46.1 Å². The van der Waals surface area contributed by atoms with Crippen molar-refractivity contribution in [2.75, 3.05) is 14.1 Å². The van der Waals surface area contributed by atoms with Crippen LogP contribution in [0, 0.1) is 0 Å². The summed E-state index contributed by atoms with van der Waals surface area (Å²) in [6.45, 7) is 3.74. The van der Waals surface area contributed by atoms with Crippen LogP contribution in [-0.4, -0.2) is 45.7 Å². The molecule has 0 fully saturated rings. The molecular formula is C18H24N8NiS2+2. The topological polar surface area (TPSA) is 98.6 Å². The quantitative estimate of drug-likeness (QED) is 0.230. The van der Waals surface area contributed by atoms with Gasteiger partial charge in [-0.2, -0.15) is 10.2 Å². The number of thiocarbonyl (C=S) groups is 2. The first kappa shape index (κ1) is 26.5. The minimum atomic E-state index is 0. The minimum Gasteiger partial charge on any atom is -0.364 e. The maximum atomic E-state index is 4.87. The molecule has 0 saturated carbocycles. The molecular weight excluding hydrogens is 451 g/mol. The molecule has 2 aromatic heterocycles. The van der Waals surface area contributed by atoms with Gasteiger partial charge in [-0.1, -0.05) is 12.1 Å². The standard InChI is InChI=1S/2C9H12N4S.Ni/c2*1-7(12-13-9(14)10-2)8-5-3-4-6-11-8;/h2*3-6H,1-2H3,(H2,10,13,14);/q;;+2. The van der Waals surface area contributed by atoms with Crippen LogP contribution in [0.3, 0.4) is 0 Å². The summed E-state index contributed by atoms with van der Waals surface area (Å²) in [5.41, 5.74) is 8.65. The van der Waals surface area contributed by atoms with Crippen LogP contribution < -0.4 is 21.5 Å². The van der Waals surface area contributed by atoms with E-state index >= 15 is 0 Å². The molecule has 0 aromatic carbocycles. The molecule has 0 spiro atoms. The third kappa shape index (κ3) is 11.2. The van der Waals surface area contributed by atoms with E-state index in [0.29, 0.717) is 10.2 Å². The van der Waals surface area contributed by atoms with Gasteiger partial charge < -0.3 is 10.6 Å². The molecule has 0 amide bonds. The summed E-state index contributed by atoms with van der Waals surface area (Å²) in [6.07, 6.45) is 3.45. The number of hydrazone groups is 2. The molecule has 0 radical (unpaired) electrons. The summed E-state index contributed by atoms with van der Waals surface area (Å²) in [5.74, 6) is 0. The van der Waals surface area contributed by atoms with Gasteiger partial charge in [0.05, 0.1) is 22.8 Å². The summed E-state index contributed by atoms with van der Waals surface area (Å²) >= 11 is 9.75. The maximum Gasteiger partial charge on any atom is 2.00 e. The Morgan fingerprint density at radius 2 is 1.14 bits per heavy atom. The fourth-order valence-electron chi connectivity index (χ4n) is 1.65. The molecule has 0 aliphatic carbocycles. The zero-order chi connectivity index (χ0) is 20.8. The Kier molecular flexibility index (Phi) is 14.1. The van der Waals surface area contributed by atoms with Gasteiger partial charge in [0.1, 0.15) is 0 Å². The second-order valence-corrected chi connectivity index (χ2v) is 6.02. The summed E-state index contributed by atoms with van der Waals surface area (Å²) in [7, 11) is 3.47. The van der Waals surface area contributed by atoms with Gasteiger partial charge in [-0.15, -0.1) is 0 Å². The third-order valence-electron chi connectivity index (χ3n) is 3.18. The average molecular weight is 475 g/mol. The van der Waals surface area contributed by atoms with Gasteiger partial charge in [0.15, 0.2) is 10.2 Å². The van der Waals surface area contributed by atoms with Crippen LogP contribution in [0.2, 0.25) is 0 Å². The van der Waals surface area contributed by atoms with Gasteiger partial charge in [0.25, 0.3) is 0 Å². The number of pyridine rings is 2. The Labute approximate surface area is 192 Å². The van der Waals surface area contributed by atoms with E-state index in [1.165, 1.54) is 0 Å². The van der Waals surface area contributed by atoms with Crippen molar-refractivity contribution in [1.82, 2.24) is 31.5 Å². The second kappa shape index (κ2) is 15.4. The monoisotopic (exact) mass is 474 g/mol. The van der Waals surface area contributed by atoms with Crippen LogP contribution in [0.5, 0.6) is 0 Å². The fourth-order valence-corrected chi connectivity index (χ4v) is 1.74. The van der Waals surface area contributed by atoms with E-state index in [9.17, 15) is 0 Å².